The van der Waals surface area contributed by atoms with Crippen LogP contribution in [0.4, 0.5) is 0 Å². The minimum atomic E-state index is 0.563. The highest BCUT2D eigenvalue weighted by Gasteiger charge is 2.23. The predicted molar refractivity (Wildman–Crippen MR) is 59.8 cm³/mol. The van der Waals surface area contributed by atoms with Crippen LogP contribution in [-0.4, -0.2) is 10.7 Å². The molecule has 0 spiro atoms. The van der Waals surface area contributed by atoms with Gasteiger partial charge in [0.2, 0.25) is 0 Å². The van der Waals surface area contributed by atoms with E-state index < -0.39 is 0 Å². The van der Waals surface area contributed by atoms with Crippen molar-refractivity contribution in [3.63, 3.8) is 0 Å². The molecule has 0 nitrogen and oxygen atoms in total. The second kappa shape index (κ2) is 6.47. The third-order valence-electron chi connectivity index (χ3n) is 2.62. The molecule has 0 unspecified atom stereocenters. The average Bonchev–Trinajstić information content (AvgIpc) is 2.08. The van der Waals surface area contributed by atoms with E-state index in [1.807, 2.05) is 0 Å². The lowest BCUT2D eigenvalue weighted by Crippen LogP contribution is -2.20. The van der Waals surface area contributed by atoms with Crippen LogP contribution in [0.3, 0.4) is 0 Å². The van der Waals surface area contributed by atoms with E-state index in [4.69, 9.17) is 0 Å². The smallest absolute Gasteiger partial charge is 0.00877 e. The van der Waals surface area contributed by atoms with Gasteiger partial charge >= 0.3 is 0 Å². The van der Waals surface area contributed by atoms with Gasteiger partial charge in [-0.3, -0.25) is 0 Å². The summed E-state index contributed by atoms with van der Waals surface area (Å²) >= 11 is 7.08. The third kappa shape index (κ3) is 3.93. The maximum Gasteiger partial charge on any atom is 0.00877 e. The number of hydrogen-bond acceptors (Lipinski definition) is 0. The number of rotatable bonds is 6. The number of halogens is 2. The van der Waals surface area contributed by atoms with Crippen molar-refractivity contribution in [2.75, 3.05) is 10.7 Å². The Balaban J connectivity index is 3.84. The molecule has 0 rings (SSSR count). The van der Waals surface area contributed by atoms with Gasteiger partial charge in [-0.2, -0.15) is 0 Å². The quantitative estimate of drug-likeness (QED) is 0.636. The number of alkyl halides is 2. The van der Waals surface area contributed by atoms with Gasteiger partial charge in [0.1, 0.15) is 0 Å². The Morgan fingerprint density at radius 2 is 1.64 bits per heavy atom. The fraction of sp³-hybridized carbons (Fsp3) is 1.00. The Morgan fingerprint density at radius 1 is 1.09 bits per heavy atom. The maximum atomic E-state index is 3.61. The van der Waals surface area contributed by atoms with E-state index in [0.29, 0.717) is 5.41 Å². The summed E-state index contributed by atoms with van der Waals surface area (Å²) < 4.78 is 0. The Hall–Kier alpha value is 0.960. The minimum Gasteiger partial charge on any atom is -0.0928 e. The van der Waals surface area contributed by atoms with Gasteiger partial charge in [0.15, 0.2) is 0 Å². The molecule has 0 heterocycles. The molecule has 0 aromatic rings. The summed E-state index contributed by atoms with van der Waals surface area (Å²) in [7, 11) is 0. The molecule has 11 heavy (non-hydrogen) atoms. The summed E-state index contributed by atoms with van der Waals surface area (Å²) in [5.41, 5.74) is 0.563. The Morgan fingerprint density at radius 3 is 1.91 bits per heavy atom. The first-order chi connectivity index (χ1) is 5.24. The zero-order valence-corrected chi connectivity index (χ0v) is 10.7. The summed E-state index contributed by atoms with van der Waals surface area (Å²) in [4.78, 5) is 0. The highest BCUT2D eigenvalue weighted by molar-refractivity contribution is 9.09. The molecule has 0 saturated carbocycles. The topological polar surface area (TPSA) is 0 Å². The molecule has 0 aromatic carbocycles. The fourth-order valence-corrected chi connectivity index (χ4v) is 2.65. The van der Waals surface area contributed by atoms with E-state index in [9.17, 15) is 0 Å². The van der Waals surface area contributed by atoms with Crippen molar-refractivity contribution in [2.45, 2.75) is 39.5 Å². The van der Waals surface area contributed by atoms with Crippen molar-refractivity contribution in [1.29, 1.82) is 0 Å². The van der Waals surface area contributed by atoms with Crippen LogP contribution in [0, 0.1) is 5.41 Å². The van der Waals surface area contributed by atoms with Gasteiger partial charge < -0.3 is 0 Å². The van der Waals surface area contributed by atoms with Crippen molar-refractivity contribution < 1.29 is 0 Å². The first kappa shape index (κ1) is 12.0. The van der Waals surface area contributed by atoms with E-state index in [1.165, 1.54) is 25.7 Å². The van der Waals surface area contributed by atoms with Crippen molar-refractivity contribution in [1.82, 2.24) is 0 Å². The maximum absolute atomic E-state index is 3.61. The van der Waals surface area contributed by atoms with Gasteiger partial charge in [0, 0.05) is 10.7 Å². The molecule has 2 heteroatoms. The lowest BCUT2D eigenvalue weighted by atomic mass is 9.81. The highest BCUT2D eigenvalue weighted by Crippen LogP contribution is 2.33. The molecule has 0 aliphatic heterocycles. The first-order valence-corrected chi connectivity index (χ1v) is 6.61. The van der Waals surface area contributed by atoms with E-state index in [2.05, 4.69) is 45.7 Å². The van der Waals surface area contributed by atoms with Crippen LogP contribution in [-0.2, 0) is 0 Å². The largest absolute Gasteiger partial charge is 0.0928 e. The van der Waals surface area contributed by atoms with Gasteiger partial charge in [-0.15, -0.1) is 0 Å². The molecule has 0 aliphatic carbocycles. The molecule has 0 fully saturated rings. The highest BCUT2D eigenvalue weighted by atomic mass is 79.9. The molecular formula is C9H18Br2. The Bertz CT molecular complexity index is 79.3. The van der Waals surface area contributed by atoms with Crippen LogP contribution in [0.25, 0.3) is 0 Å². The SMILES string of the molecule is CCC(CC)(CBr)CCCBr. The van der Waals surface area contributed by atoms with Crippen LogP contribution < -0.4 is 0 Å². The molecule has 68 valence electrons. The third-order valence-corrected chi connectivity index (χ3v) is 4.37. The molecular weight excluding hydrogens is 268 g/mol. The lowest BCUT2D eigenvalue weighted by molar-refractivity contribution is 0.282. The average molecular weight is 286 g/mol. The van der Waals surface area contributed by atoms with E-state index >= 15 is 0 Å². The molecule has 0 bridgehead atoms. The number of hydrogen-bond donors (Lipinski definition) is 0. The lowest BCUT2D eigenvalue weighted by Gasteiger charge is -2.29. The van der Waals surface area contributed by atoms with Gasteiger partial charge in [-0.25, -0.2) is 0 Å². The zero-order chi connectivity index (χ0) is 8.74. The minimum absolute atomic E-state index is 0.563. The molecule has 0 saturated heterocycles. The summed E-state index contributed by atoms with van der Waals surface area (Å²) in [6.45, 7) is 4.58. The summed E-state index contributed by atoms with van der Waals surface area (Å²) in [5.74, 6) is 0. The summed E-state index contributed by atoms with van der Waals surface area (Å²) in [5, 5.41) is 2.29. The van der Waals surface area contributed by atoms with Crippen LogP contribution in [0.2, 0.25) is 0 Å². The normalized spacial score (nSPS) is 12.0. The van der Waals surface area contributed by atoms with Crippen LogP contribution in [0.5, 0.6) is 0 Å². The van der Waals surface area contributed by atoms with Gasteiger partial charge in [0.05, 0.1) is 0 Å². The van der Waals surface area contributed by atoms with E-state index in [1.54, 1.807) is 0 Å². The van der Waals surface area contributed by atoms with E-state index in [0.717, 1.165) is 10.7 Å². The van der Waals surface area contributed by atoms with Crippen LogP contribution in [0.15, 0.2) is 0 Å². The molecule has 0 aliphatic rings. The van der Waals surface area contributed by atoms with Crippen molar-refractivity contribution in [3.8, 4) is 0 Å². The second-order valence-electron chi connectivity index (χ2n) is 3.13. The Labute approximate surface area is 87.4 Å². The zero-order valence-electron chi connectivity index (χ0n) is 7.50. The molecule has 0 N–H and O–H groups in total. The van der Waals surface area contributed by atoms with Gasteiger partial charge in [-0.05, 0) is 31.1 Å². The molecule has 0 aromatic heterocycles. The van der Waals surface area contributed by atoms with Gasteiger partial charge in [-0.1, -0.05) is 45.7 Å². The predicted octanol–water partition coefficient (Wildman–Crippen LogP) is 4.36. The molecule has 0 atom stereocenters. The van der Waals surface area contributed by atoms with Crippen molar-refractivity contribution >= 4 is 31.9 Å². The monoisotopic (exact) mass is 284 g/mol. The van der Waals surface area contributed by atoms with Gasteiger partial charge in [0.25, 0.3) is 0 Å². The van der Waals surface area contributed by atoms with Crippen LogP contribution in [0.1, 0.15) is 39.5 Å². The molecule has 0 amide bonds. The fourth-order valence-electron chi connectivity index (χ4n) is 1.30. The summed E-state index contributed by atoms with van der Waals surface area (Å²) in [6, 6.07) is 0. The van der Waals surface area contributed by atoms with E-state index in [-0.39, 0.29) is 0 Å². The van der Waals surface area contributed by atoms with Crippen molar-refractivity contribution in [3.05, 3.63) is 0 Å². The summed E-state index contributed by atoms with van der Waals surface area (Å²) in [6.07, 6.45) is 5.23. The first-order valence-electron chi connectivity index (χ1n) is 4.36. The van der Waals surface area contributed by atoms with Crippen LogP contribution >= 0.6 is 31.9 Å². The second-order valence-corrected chi connectivity index (χ2v) is 4.49. The Kier molecular flexibility index (Phi) is 7.04. The molecule has 0 radical (unpaired) electrons. The van der Waals surface area contributed by atoms with Crippen molar-refractivity contribution in [2.24, 2.45) is 5.41 Å². The standard InChI is InChI=1S/C9H18Br2/c1-3-9(4-2,8-11)6-5-7-10/h3-8H2,1-2H3.